The number of amides is 2. The highest BCUT2D eigenvalue weighted by Crippen LogP contribution is 2.23. The number of alkyl halides is 2. The van der Waals surface area contributed by atoms with Gasteiger partial charge in [-0.1, -0.05) is 18.2 Å². The van der Waals surface area contributed by atoms with Crippen LogP contribution < -0.4 is 0 Å². The van der Waals surface area contributed by atoms with Gasteiger partial charge in [-0.3, -0.25) is 9.59 Å². The Labute approximate surface area is 139 Å². The van der Waals surface area contributed by atoms with Crippen molar-refractivity contribution in [2.45, 2.75) is 31.4 Å². The number of ether oxygens (including phenoxy) is 1. The smallest absolute Gasteiger partial charge is 0.266 e. The van der Waals surface area contributed by atoms with E-state index in [1.165, 1.54) is 4.90 Å². The normalized spacial score (nSPS) is 24.5. The number of benzene rings is 1. The van der Waals surface area contributed by atoms with Gasteiger partial charge < -0.3 is 14.5 Å². The molecule has 0 spiro atoms. The van der Waals surface area contributed by atoms with Crippen LogP contribution >= 0.6 is 0 Å². The molecule has 5 nitrogen and oxygen atoms in total. The van der Waals surface area contributed by atoms with Gasteiger partial charge in [0.25, 0.3) is 12.3 Å². The summed E-state index contributed by atoms with van der Waals surface area (Å²) in [5.74, 6) is -0.448. The van der Waals surface area contributed by atoms with E-state index in [0.29, 0.717) is 18.5 Å². The lowest BCUT2D eigenvalue weighted by molar-refractivity contribution is -0.150. The number of nitrogens with zero attached hydrogens (tertiary/aromatic N) is 2. The highest BCUT2D eigenvalue weighted by atomic mass is 19.3. The predicted octanol–water partition coefficient (Wildman–Crippen LogP) is 1.78. The molecule has 130 valence electrons. The second-order valence-electron chi connectivity index (χ2n) is 6.05. The summed E-state index contributed by atoms with van der Waals surface area (Å²) in [6.07, 6.45) is -2.57. The summed E-state index contributed by atoms with van der Waals surface area (Å²) in [4.78, 5) is 28.3. The summed E-state index contributed by atoms with van der Waals surface area (Å²) in [7, 11) is 0. The molecule has 2 aliphatic heterocycles. The first-order valence-corrected chi connectivity index (χ1v) is 8.12. The zero-order valence-electron chi connectivity index (χ0n) is 13.2. The second kappa shape index (κ2) is 7.25. The molecule has 0 unspecified atom stereocenters. The molecule has 2 amide bonds. The second-order valence-corrected chi connectivity index (χ2v) is 6.05. The minimum atomic E-state index is -2.62. The maximum Gasteiger partial charge on any atom is 0.266 e. The summed E-state index contributed by atoms with van der Waals surface area (Å²) in [5.41, 5.74) is 0.532. The molecule has 0 aromatic heterocycles. The Morgan fingerprint density at radius 1 is 1.17 bits per heavy atom. The van der Waals surface area contributed by atoms with E-state index in [9.17, 15) is 18.4 Å². The molecule has 24 heavy (non-hydrogen) atoms. The number of halogens is 2. The van der Waals surface area contributed by atoms with Gasteiger partial charge >= 0.3 is 0 Å². The Kier molecular flexibility index (Phi) is 5.08. The fraction of sp³-hybridized carbons (Fsp3) is 0.529. The lowest BCUT2D eigenvalue weighted by Gasteiger charge is -2.35. The van der Waals surface area contributed by atoms with Crippen molar-refractivity contribution in [3.05, 3.63) is 35.9 Å². The summed E-state index contributed by atoms with van der Waals surface area (Å²) < 4.78 is 30.7. The summed E-state index contributed by atoms with van der Waals surface area (Å²) in [6, 6.07) is 8.22. The third-order valence-electron chi connectivity index (χ3n) is 4.51. The number of carbonyl (C=O) groups excluding carboxylic acids is 2. The standard InChI is InChI=1S/C17H20F2N2O3/c18-15(19)14-11-20(9-10-24-14)17(23)13-7-4-8-21(13)16(22)12-5-2-1-3-6-12/h1-3,5-6,13-15H,4,7-11H2/t13-,14+/m0/s1. The molecule has 2 fully saturated rings. The van der Waals surface area contributed by atoms with E-state index in [1.807, 2.05) is 6.07 Å². The number of likely N-dealkylation sites (tertiary alicyclic amines) is 1. The average Bonchev–Trinajstić information content (AvgIpc) is 3.11. The summed E-state index contributed by atoms with van der Waals surface area (Å²) >= 11 is 0. The van der Waals surface area contributed by atoms with Gasteiger partial charge in [-0.25, -0.2) is 8.78 Å². The van der Waals surface area contributed by atoms with Crippen LogP contribution in [0.5, 0.6) is 0 Å². The van der Waals surface area contributed by atoms with E-state index >= 15 is 0 Å². The number of hydrogen-bond acceptors (Lipinski definition) is 3. The largest absolute Gasteiger partial charge is 0.369 e. The van der Waals surface area contributed by atoms with Crippen molar-refractivity contribution in [3.63, 3.8) is 0 Å². The predicted molar refractivity (Wildman–Crippen MR) is 82.8 cm³/mol. The first-order chi connectivity index (χ1) is 11.6. The van der Waals surface area contributed by atoms with Gasteiger partial charge in [-0.15, -0.1) is 0 Å². The van der Waals surface area contributed by atoms with Crippen LogP contribution in [0.25, 0.3) is 0 Å². The highest BCUT2D eigenvalue weighted by Gasteiger charge is 2.39. The number of morpholine rings is 1. The Hall–Kier alpha value is -2.02. The first-order valence-electron chi connectivity index (χ1n) is 8.12. The van der Waals surface area contributed by atoms with Crippen LogP contribution in [0.15, 0.2) is 30.3 Å². The molecule has 0 bridgehead atoms. The van der Waals surface area contributed by atoms with Crippen LogP contribution in [0.3, 0.4) is 0 Å². The van der Waals surface area contributed by atoms with Gasteiger partial charge in [0.15, 0.2) is 0 Å². The van der Waals surface area contributed by atoms with Crippen molar-refractivity contribution in [2.75, 3.05) is 26.2 Å². The van der Waals surface area contributed by atoms with Crippen LogP contribution in [0.1, 0.15) is 23.2 Å². The average molecular weight is 338 g/mol. The van der Waals surface area contributed by atoms with Crippen molar-refractivity contribution in [1.29, 1.82) is 0 Å². The van der Waals surface area contributed by atoms with Crippen molar-refractivity contribution in [2.24, 2.45) is 0 Å². The molecular weight excluding hydrogens is 318 g/mol. The summed E-state index contributed by atoms with van der Waals surface area (Å²) in [6.45, 7) is 0.763. The van der Waals surface area contributed by atoms with Crippen molar-refractivity contribution >= 4 is 11.8 Å². The SMILES string of the molecule is O=C([C@@H]1CCCN1C(=O)c1ccccc1)N1CCO[C@@H](C(F)F)C1. The van der Waals surface area contributed by atoms with Gasteiger partial charge in [0.2, 0.25) is 5.91 Å². The monoisotopic (exact) mass is 338 g/mol. The number of hydrogen-bond donors (Lipinski definition) is 0. The van der Waals surface area contributed by atoms with Gasteiger partial charge in [0.05, 0.1) is 13.2 Å². The van der Waals surface area contributed by atoms with E-state index in [-0.39, 0.29) is 31.5 Å². The molecule has 0 aliphatic carbocycles. The van der Waals surface area contributed by atoms with Gasteiger partial charge in [0, 0.05) is 18.7 Å². The Morgan fingerprint density at radius 2 is 1.92 bits per heavy atom. The maximum absolute atomic E-state index is 12.8. The molecule has 7 heteroatoms. The minimum Gasteiger partial charge on any atom is -0.369 e. The molecule has 0 saturated carbocycles. The van der Waals surface area contributed by atoms with Crippen LogP contribution in [0, 0.1) is 0 Å². The van der Waals surface area contributed by atoms with Crippen molar-refractivity contribution in [1.82, 2.24) is 9.80 Å². The zero-order chi connectivity index (χ0) is 17.1. The zero-order valence-corrected chi connectivity index (χ0v) is 13.2. The fourth-order valence-corrected chi connectivity index (χ4v) is 3.25. The fourth-order valence-electron chi connectivity index (χ4n) is 3.25. The molecule has 2 heterocycles. The number of rotatable bonds is 3. The molecule has 0 N–H and O–H groups in total. The Bertz CT molecular complexity index is 597. The van der Waals surface area contributed by atoms with E-state index in [0.717, 1.165) is 6.42 Å². The molecule has 3 rings (SSSR count). The lowest BCUT2D eigenvalue weighted by Crippen LogP contribution is -2.54. The molecule has 1 aromatic rings. The molecule has 2 aliphatic rings. The van der Waals surface area contributed by atoms with Crippen molar-refractivity contribution in [3.8, 4) is 0 Å². The Morgan fingerprint density at radius 3 is 2.62 bits per heavy atom. The third-order valence-corrected chi connectivity index (χ3v) is 4.51. The van der Waals surface area contributed by atoms with Gasteiger partial charge in [0.1, 0.15) is 12.1 Å². The van der Waals surface area contributed by atoms with E-state index in [2.05, 4.69) is 0 Å². The van der Waals surface area contributed by atoms with Crippen molar-refractivity contribution < 1.29 is 23.1 Å². The van der Waals surface area contributed by atoms with Crippen LogP contribution in [-0.2, 0) is 9.53 Å². The first kappa shape index (κ1) is 16.8. The molecule has 2 saturated heterocycles. The Balaban J connectivity index is 1.71. The molecule has 0 radical (unpaired) electrons. The van der Waals surface area contributed by atoms with Crippen LogP contribution in [-0.4, -0.2) is 66.4 Å². The molecule has 1 aromatic carbocycles. The maximum atomic E-state index is 12.8. The lowest BCUT2D eigenvalue weighted by atomic mass is 10.1. The van der Waals surface area contributed by atoms with Crippen LogP contribution in [0.2, 0.25) is 0 Å². The van der Waals surface area contributed by atoms with Crippen LogP contribution in [0.4, 0.5) is 8.78 Å². The topological polar surface area (TPSA) is 49.9 Å². The van der Waals surface area contributed by atoms with Gasteiger partial charge in [-0.05, 0) is 25.0 Å². The number of carbonyl (C=O) groups is 2. The molecular formula is C17H20F2N2O3. The highest BCUT2D eigenvalue weighted by molar-refractivity contribution is 5.97. The quantitative estimate of drug-likeness (QED) is 0.844. The van der Waals surface area contributed by atoms with E-state index in [1.54, 1.807) is 29.2 Å². The van der Waals surface area contributed by atoms with E-state index in [4.69, 9.17) is 4.74 Å². The van der Waals surface area contributed by atoms with E-state index < -0.39 is 18.6 Å². The summed E-state index contributed by atoms with van der Waals surface area (Å²) in [5, 5.41) is 0. The molecule has 2 atom stereocenters. The minimum absolute atomic E-state index is 0.0973. The third kappa shape index (κ3) is 3.40. The van der Waals surface area contributed by atoms with Gasteiger partial charge in [-0.2, -0.15) is 0 Å².